The van der Waals surface area contributed by atoms with Gasteiger partial charge in [-0.25, -0.2) is 0 Å². The van der Waals surface area contributed by atoms with Gasteiger partial charge in [-0.3, -0.25) is 14.4 Å². The van der Waals surface area contributed by atoms with Crippen LogP contribution in [0.25, 0.3) is 0 Å². The largest absolute Gasteiger partial charge is 0.468 e. The maximum absolute atomic E-state index is 12.0. The van der Waals surface area contributed by atoms with Crippen molar-refractivity contribution in [1.29, 1.82) is 0 Å². The number of hydrogen-bond acceptors (Lipinski definition) is 4. The number of ether oxygens (including phenoxy) is 1. The van der Waals surface area contributed by atoms with Crippen LogP contribution >= 0.6 is 0 Å². The number of nitrogens with one attached hydrogen (secondary N) is 1. The molecule has 2 amide bonds. The lowest BCUT2D eigenvalue weighted by molar-refractivity contribution is -0.141. The second kappa shape index (κ2) is 7.28. The number of nitrogens with zero attached hydrogens (tertiary/aromatic N) is 1. The average Bonchev–Trinajstić information content (AvgIpc) is 2.44. The first-order valence-corrected chi connectivity index (χ1v) is 6.09. The number of likely N-dealkylation sites (N-methyl/N-ethyl adjacent to an activating group) is 1. The Morgan fingerprint density at radius 2 is 1.80 bits per heavy atom. The summed E-state index contributed by atoms with van der Waals surface area (Å²) in [5.41, 5.74) is 1.37. The van der Waals surface area contributed by atoms with Gasteiger partial charge in [0, 0.05) is 26.1 Å². The Labute approximate surface area is 117 Å². The Kier molecular flexibility index (Phi) is 5.71. The van der Waals surface area contributed by atoms with Crippen LogP contribution < -0.4 is 5.32 Å². The van der Waals surface area contributed by atoms with Crippen LogP contribution in [0.5, 0.6) is 0 Å². The van der Waals surface area contributed by atoms with Crippen molar-refractivity contribution >= 4 is 17.8 Å². The number of rotatable bonds is 5. The second-order valence-electron chi connectivity index (χ2n) is 4.34. The van der Waals surface area contributed by atoms with Gasteiger partial charge in [-0.05, 0) is 17.7 Å². The molecule has 108 valence electrons. The highest BCUT2D eigenvalue weighted by Crippen LogP contribution is 2.07. The van der Waals surface area contributed by atoms with E-state index in [1.54, 1.807) is 24.3 Å². The lowest BCUT2D eigenvalue weighted by Gasteiger charge is -2.15. The molecule has 20 heavy (non-hydrogen) atoms. The highest BCUT2D eigenvalue weighted by Gasteiger charge is 2.14. The average molecular weight is 278 g/mol. The molecule has 6 nitrogen and oxygen atoms in total. The van der Waals surface area contributed by atoms with Gasteiger partial charge >= 0.3 is 5.97 Å². The maximum Gasteiger partial charge on any atom is 0.325 e. The number of esters is 1. The predicted octanol–water partition coefficient (Wildman–Crippen LogP) is 0.568. The van der Waals surface area contributed by atoms with Crippen LogP contribution in [0.2, 0.25) is 0 Å². The van der Waals surface area contributed by atoms with Gasteiger partial charge in [0.05, 0.1) is 7.11 Å². The van der Waals surface area contributed by atoms with E-state index in [-0.39, 0.29) is 18.4 Å². The standard InChI is InChI=1S/C14H18N2O4/c1-10(17)15-8-11-4-6-12(7-5-11)14(19)16(2)9-13(18)20-3/h4-7H,8-9H2,1-3H3,(H,15,17). The summed E-state index contributed by atoms with van der Waals surface area (Å²) in [5.74, 6) is -0.840. The van der Waals surface area contributed by atoms with E-state index >= 15 is 0 Å². The second-order valence-corrected chi connectivity index (χ2v) is 4.34. The molecule has 1 aromatic carbocycles. The van der Waals surface area contributed by atoms with E-state index in [9.17, 15) is 14.4 Å². The van der Waals surface area contributed by atoms with Gasteiger partial charge in [0.15, 0.2) is 0 Å². The van der Waals surface area contributed by atoms with E-state index in [4.69, 9.17) is 0 Å². The van der Waals surface area contributed by atoms with Crippen LogP contribution in [0.1, 0.15) is 22.8 Å². The van der Waals surface area contributed by atoms with Gasteiger partial charge in [0.1, 0.15) is 6.54 Å². The molecular formula is C14H18N2O4. The fourth-order valence-electron chi connectivity index (χ4n) is 1.54. The first kappa shape index (κ1) is 15.7. The maximum atomic E-state index is 12.0. The smallest absolute Gasteiger partial charge is 0.325 e. The Balaban J connectivity index is 2.65. The van der Waals surface area contributed by atoms with E-state index in [1.807, 2.05) is 0 Å². The van der Waals surface area contributed by atoms with Crippen LogP contribution in [0.15, 0.2) is 24.3 Å². The summed E-state index contributed by atoms with van der Waals surface area (Å²) in [6.45, 7) is 1.77. The molecule has 0 aromatic heterocycles. The molecule has 0 saturated heterocycles. The van der Waals surface area contributed by atoms with E-state index in [2.05, 4.69) is 10.1 Å². The molecule has 1 N–H and O–H groups in total. The van der Waals surface area contributed by atoms with Crippen molar-refractivity contribution in [1.82, 2.24) is 10.2 Å². The number of benzene rings is 1. The van der Waals surface area contributed by atoms with Crippen LogP contribution in [0.3, 0.4) is 0 Å². The minimum Gasteiger partial charge on any atom is -0.468 e. The topological polar surface area (TPSA) is 75.7 Å². The van der Waals surface area contributed by atoms with Crippen molar-refractivity contribution in [3.05, 3.63) is 35.4 Å². The third kappa shape index (κ3) is 4.72. The van der Waals surface area contributed by atoms with Crippen molar-refractivity contribution in [2.24, 2.45) is 0 Å². The molecule has 0 bridgehead atoms. The lowest BCUT2D eigenvalue weighted by Crippen LogP contribution is -2.32. The summed E-state index contributed by atoms with van der Waals surface area (Å²) in [6.07, 6.45) is 0. The molecule has 0 aliphatic carbocycles. The molecule has 0 aliphatic rings. The fourth-order valence-corrected chi connectivity index (χ4v) is 1.54. The number of methoxy groups -OCH3 is 1. The predicted molar refractivity (Wildman–Crippen MR) is 72.9 cm³/mol. The molecule has 0 fully saturated rings. The molecule has 0 spiro atoms. The zero-order chi connectivity index (χ0) is 15.1. The van der Waals surface area contributed by atoms with Gasteiger partial charge in [0.25, 0.3) is 5.91 Å². The zero-order valence-corrected chi connectivity index (χ0v) is 11.8. The SMILES string of the molecule is COC(=O)CN(C)C(=O)c1ccc(CNC(C)=O)cc1. The molecular weight excluding hydrogens is 260 g/mol. The van der Waals surface area contributed by atoms with Crippen molar-refractivity contribution < 1.29 is 19.1 Å². The number of hydrogen-bond donors (Lipinski definition) is 1. The summed E-state index contributed by atoms with van der Waals surface area (Å²) >= 11 is 0. The third-order valence-electron chi connectivity index (χ3n) is 2.68. The normalized spacial score (nSPS) is 9.75. The van der Waals surface area contributed by atoms with Crippen molar-refractivity contribution in [2.75, 3.05) is 20.7 Å². The van der Waals surface area contributed by atoms with Crippen LogP contribution in [0, 0.1) is 0 Å². The van der Waals surface area contributed by atoms with Crippen molar-refractivity contribution in [2.45, 2.75) is 13.5 Å². The van der Waals surface area contributed by atoms with Crippen molar-refractivity contribution in [3.8, 4) is 0 Å². The monoisotopic (exact) mass is 278 g/mol. The molecule has 6 heteroatoms. The van der Waals surface area contributed by atoms with E-state index in [0.717, 1.165) is 5.56 Å². The van der Waals surface area contributed by atoms with Gasteiger partial charge in [-0.15, -0.1) is 0 Å². The summed E-state index contributed by atoms with van der Waals surface area (Å²) in [7, 11) is 2.81. The highest BCUT2D eigenvalue weighted by atomic mass is 16.5. The molecule has 1 aromatic rings. The Morgan fingerprint density at radius 3 is 2.30 bits per heavy atom. The van der Waals surface area contributed by atoms with Gasteiger partial charge in [-0.2, -0.15) is 0 Å². The summed E-state index contributed by atoms with van der Waals surface area (Å²) < 4.78 is 4.51. The summed E-state index contributed by atoms with van der Waals surface area (Å²) in [6, 6.07) is 6.84. The minimum atomic E-state index is -0.469. The van der Waals surface area contributed by atoms with Gasteiger partial charge < -0.3 is 15.0 Å². The highest BCUT2D eigenvalue weighted by molar-refractivity contribution is 5.95. The molecule has 0 radical (unpaired) electrons. The van der Waals surface area contributed by atoms with Crippen molar-refractivity contribution in [3.63, 3.8) is 0 Å². The molecule has 0 heterocycles. The summed E-state index contributed by atoms with van der Waals surface area (Å²) in [4.78, 5) is 35.2. The van der Waals surface area contributed by atoms with Crippen LogP contribution in [-0.2, 0) is 20.9 Å². The van der Waals surface area contributed by atoms with E-state index < -0.39 is 5.97 Å². The van der Waals surface area contributed by atoms with E-state index in [0.29, 0.717) is 12.1 Å². The Hall–Kier alpha value is -2.37. The molecule has 1 rings (SSSR count). The summed E-state index contributed by atoms with van der Waals surface area (Å²) in [5, 5.41) is 2.67. The zero-order valence-electron chi connectivity index (χ0n) is 11.8. The fraction of sp³-hybridized carbons (Fsp3) is 0.357. The van der Waals surface area contributed by atoms with Crippen LogP contribution in [0.4, 0.5) is 0 Å². The molecule has 0 unspecified atom stereocenters. The third-order valence-corrected chi connectivity index (χ3v) is 2.68. The first-order valence-electron chi connectivity index (χ1n) is 6.09. The molecule has 0 saturated carbocycles. The first-order chi connectivity index (χ1) is 9.43. The minimum absolute atomic E-state index is 0.0943. The number of carbonyl (C=O) groups excluding carboxylic acids is 3. The quantitative estimate of drug-likeness (QED) is 0.799. The number of carbonyl (C=O) groups is 3. The Morgan fingerprint density at radius 1 is 1.20 bits per heavy atom. The number of amides is 2. The van der Waals surface area contributed by atoms with Gasteiger partial charge in [-0.1, -0.05) is 12.1 Å². The molecule has 0 atom stereocenters. The van der Waals surface area contributed by atoms with E-state index in [1.165, 1.54) is 26.0 Å². The molecule has 0 aliphatic heterocycles. The van der Waals surface area contributed by atoms with Crippen LogP contribution in [-0.4, -0.2) is 43.4 Å². The Bertz CT molecular complexity index is 496. The van der Waals surface area contributed by atoms with Gasteiger partial charge in [0.2, 0.25) is 5.91 Å². The lowest BCUT2D eigenvalue weighted by atomic mass is 10.1.